The van der Waals surface area contributed by atoms with Gasteiger partial charge >= 0.3 is 0 Å². The van der Waals surface area contributed by atoms with Crippen LogP contribution in [0.1, 0.15) is 26.3 Å². The summed E-state index contributed by atoms with van der Waals surface area (Å²) in [5.74, 6) is 0.416. The van der Waals surface area contributed by atoms with Gasteiger partial charge in [-0.2, -0.15) is 0 Å². The number of rotatable bonds is 3. The zero-order valence-corrected chi connectivity index (χ0v) is 17.4. The van der Waals surface area contributed by atoms with Crippen LogP contribution in [-0.4, -0.2) is 15.6 Å². The van der Waals surface area contributed by atoms with Crippen LogP contribution in [0.15, 0.2) is 65.6 Å². The molecule has 0 bridgehead atoms. The molecule has 2 heterocycles. The number of halogens is 1. The maximum atomic E-state index is 13.6. The lowest BCUT2D eigenvalue weighted by Crippen LogP contribution is -2.22. The third kappa shape index (κ3) is 3.96. The third-order valence-corrected chi connectivity index (χ3v) is 4.83. The molecule has 4 rings (SSSR count). The zero-order chi connectivity index (χ0) is 21.5. The zero-order valence-electron chi connectivity index (χ0n) is 17.4. The normalized spacial score (nSPS) is 11.6. The van der Waals surface area contributed by atoms with Crippen molar-refractivity contribution in [1.29, 1.82) is 0 Å². The molecular weight excluding hydrogens is 379 g/mol. The summed E-state index contributed by atoms with van der Waals surface area (Å²) in [6, 6.07) is 15.7. The molecule has 4 nitrogen and oxygen atoms in total. The quantitative estimate of drug-likeness (QED) is 0.465. The number of hydrogen-bond donors (Lipinski definition) is 1. The molecule has 0 fully saturated rings. The van der Waals surface area contributed by atoms with Crippen molar-refractivity contribution in [2.75, 3.05) is 0 Å². The molecule has 152 valence electrons. The van der Waals surface area contributed by atoms with Crippen molar-refractivity contribution >= 4 is 10.9 Å². The molecule has 0 saturated carbocycles. The van der Waals surface area contributed by atoms with Gasteiger partial charge in [-0.05, 0) is 82.3 Å². The SMILES string of the molecule is Cc1c(-c2ccc(-c3ccc(OC(C)(C)C)cc3)nc2)[nH]c2cc(F)ccc2c1=O. The number of pyridine rings is 2. The van der Waals surface area contributed by atoms with Crippen molar-refractivity contribution in [2.45, 2.75) is 33.3 Å². The van der Waals surface area contributed by atoms with Crippen molar-refractivity contribution in [3.8, 4) is 28.3 Å². The number of nitrogens with zero attached hydrogens (tertiary/aromatic N) is 1. The van der Waals surface area contributed by atoms with E-state index in [1.165, 1.54) is 18.2 Å². The van der Waals surface area contributed by atoms with E-state index in [2.05, 4.69) is 9.97 Å². The van der Waals surface area contributed by atoms with Crippen LogP contribution >= 0.6 is 0 Å². The monoisotopic (exact) mass is 402 g/mol. The van der Waals surface area contributed by atoms with Gasteiger partial charge in [-0.15, -0.1) is 0 Å². The number of ether oxygens (including phenoxy) is 1. The highest BCUT2D eigenvalue weighted by molar-refractivity contribution is 5.83. The number of aromatic amines is 1. The fourth-order valence-corrected chi connectivity index (χ4v) is 3.41. The van der Waals surface area contributed by atoms with Crippen LogP contribution in [0.25, 0.3) is 33.4 Å². The summed E-state index contributed by atoms with van der Waals surface area (Å²) in [7, 11) is 0. The van der Waals surface area contributed by atoms with Crippen LogP contribution in [0.5, 0.6) is 5.75 Å². The van der Waals surface area contributed by atoms with Crippen molar-refractivity contribution in [1.82, 2.24) is 9.97 Å². The smallest absolute Gasteiger partial charge is 0.192 e. The Labute approximate surface area is 174 Å². The van der Waals surface area contributed by atoms with E-state index in [1.807, 2.05) is 57.2 Å². The second kappa shape index (κ2) is 7.41. The molecule has 0 aliphatic heterocycles. The Hall–Kier alpha value is -3.47. The first-order chi connectivity index (χ1) is 14.2. The Morgan fingerprint density at radius 3 is 2.30 bits per heavy atom. The summed E-state index contributed by atoms with van der Waals surface area (Å²) in [6.07, 6.45) is 1.72. The highest BCUT2D eigenvalue weighted by Crippen LogP contribution is 2.26. The standard InChI is InChI=1S/C25H23FN2O2/c1-15-23(28-22-13-18(26)8-11-20(22)24(15)29)17-7-12-21(27-14-17)16-5-9-19(10-6-16)30-25(2,3)4/h5-14H,1-4H3,(H,28,29). The predicted molar refractivity (Wildman–Crippen MR) is 118 cm³/mol. The summed E-state index contributed by atoms with van der Waals surface area (Å²) in [5.41, 5.74) is 3.88. The first kappa shape index (κ1) is 19.8. The lowest BCUT2D eigenvalue weighted by Gasteiger charge is -2.21. The van der Waals surface area contributed by atoms with Crippen LogP contribution in [0.2, 0.25) is 0 Å². The number of fused-ring (bicyclic) bond motifs is 1. The highest BCUT2D eigenvalue weighted by Gasteiger charge is 2.13. The summed E-state index contributed by atoms with van der Waals surface area (Å²) in [6.45, 7) is 7.79. The molecule has 2 aromatic carbocycles. The molecule has 0 spiro atoms. The van der Waals surface area contributed by atoms with Crippen LogP contribution in [-0.2, 0) is 0 Å². The lowest BCUT2D eigenvalue weighted by atomic mass is 10.0. The minimum Gasteiger partial charge on any atom is -0.488 e. The molecule has 0 amide bonds. The maximum Gasteiger partial charge on any atom is 0.192 e. The van der Waals surface area contributed by atoms with Gasteiger partial charge in [0.2, 0.25) is 0 Å². The number of nitrogens with one attached hydrogen (secondary N) is 1. The fourth-order valence-electron chi connectivity index (χ4n) is 3.41. The van der Waals surface area contributed by atoms with Gasteiger partial charge in [-0.3, -0.25) is 9.78 Å². The fraction of sp³-hybridized carbons (Fsp3) is 0.200. The van der Waals surface area contributed by atoms with Gasteiger partial charge < -0.3 is 9.72 Å². The number of benzene rings is 2. The highest BCUT2D eigenvalue weighted by atomic mass is 19.1. The van der Waals surface area contributed by atoms with E-state index in [0.29, 0.717) is 22.2 Å². The minimum absolute atomic E-state index is 0.114. The van der Waals surface area contributed by atoms with E-state index in [4.69, 9.17) is 4.74 Å². The third-order valence-electron chi connectivity index (χ3n) is 4.83. The molecular formula is C25H23FN2O2. The van der Waals surface area contributed by atoms with Crippen molar-refractivity contribution in [2.24, 2.45) is 0 Å². The summed E-state index contributed by atoms with van der Waals surface area (Å²) in [4.78, 5) is 20.4. The molecule has 0 aliphatic rings. The Morgan fingerprint density at radius 1 is 0.967 bits per heavy atom. The molecule has 0 radical (unpaired) electrons. The molecule has 0 aliphatic carbocycles. The van der Waals surface area contributed by atoms with Crippen molar-refractivity contribution in [3.05, 3.63) is 82.4 Å². The summed E-state index contributed by atoms with van der Waals surface area (Å²) in [5, 5.41) is 0.472. The Kier molecular flexibility index (Phi) is 4.90. The Morgan fingerprint density at radius 2 is 1.67 bits per heavy atom. The van der Waals surface area contributed by atoms with Gasteiger partial charge in [-0.25, -0.2) is 4.39 Å². The molecule has 0 atom stereocenters. The van der Waals surface area contributed by atoms with Crippen LogP contribution < -0.4 is 10.2 Å². The van der Waals surface area contributed by atoms with Crippen LogP contribution in [0, 0.1) is 12.7 Å². The largest absolute Gasteiger partial charge is 0.488 e. The molecule has 30 heavy (non-hydrogen) atoms. The van der Waals surface area contributed by atoms with Gasteiger partial charge in [0.15, 0.2) is 5.43 Å². The van der Waals surface area contributed by atoms with Gasteiger partial charge in [0.05, 0.1) is 16.9 Å². The van der Waals surface area contributed by atoms with Gasteiger partial charge in [0.1, 0.15) is 17.2 Å². The average molecular weight is 402 g/mol. The topological polar surface area (TPSA) is 55.0 Å². The van der Waals surface area contributed by atoms with E-state index >= 15 is 0 Å². The summed E-state index contributed by atoms with van der Waals surface area (Å²) < 4.78 is 19.5. The number of aromatic nitrogens is 2. The molecule has 0 unspecified atom stereocenters. The van der Waals surface area contributed by atoms with Crippen molar-refractivity contribution in [3.63, 3.8) is 0 Å². The Balaban J connectivity index is 1.67. The van der Waals surface area contributed by atoms with Crippen LogP contribution in [0.3, 0.4) is 0 Å². The van der Waals surface area contributed by atoms with Crippen molar-refractivity contribution < 1.29 is 9.13 Å². The average Bonchev–Trinajstić information content (AvgIpc) is 2.70. The van der Waals surface area contributed by atoms with Gasteiger partial charge in [0.25, 0.3) is 0 Å². The first-order valence-corrected chi connectivity index (χ1v) is 9.79. The maximum absolute atomic E-state index is 13.6. The van der Waals surface area contributed by atoms with E-state index in [-0.39, 0.29) is 16.8 Å². The Bertz CT molecular complexity index is 1270. The number of hydrogen-bond acceptors (Lipinski definition) is 3. The molecule has 5 heteroatoms. The molecule has 4 aromatic rings. The molecule has 2 aromatic heterocycles. The second-order valence-electron chi connectivity index (χ2n) is 8.31. The van der Waals surface area contributed by atoms with E-state index in [0.717, 1.165) is 22.6 Å². The van der Waals surface area contributed by atoms with E-state index in [9.17, 15) is 9.18 Å². The lowest BCUT2D eigenvalue weighted by molar-refractivity contribution is 0.131. The van der Waals surface area contributed by atoms with E-state index < -0.39 is 0 Å². The van der Waals surface area contributed by atoms with Gasteiger partial charge in [0, 0.05) is 28.3 Å². The molecule has 0 saturated heterocycles. The minimum atomic E-state index is -0.389. The number of H-pyrrole nitrogens is 1. The van der Waals surface area contributed by atoms with Crippen LogP contribution in [0.4, 0.5) is 4.39 Å². The summed E-state index contributed by atoms with van der Waals surface area (Å²) >= 11 is 0. The molecule has 1 N–H and O–H groups in total. The predicted octanol–water partition coefficient (Wildman–Crippen LogP) is 5.88. The first-order valence-electron chi connectivity index (χ1n) is 9.79. The van der Waals surface area contributed by atoms with Gasteiger partial charge in [-0.1, -0.05) is 0 Å². The van der Waals surface area contributed by atoms with E-state index in [1.54, 1.807) is 13.1 Å². The second-order valence-corrected chi connectivity index (χ2v) is 8.31.